The fourth-order valence-corrected chi connectivity index (χ4v) is 2.74. The lowest BCUT2D eigenvalue weighted by Gasteiger charge is -2.13. The summed E-state index contributed by atoms with van der Waals surface area (Å²) < 4.78 is 11.4. The van der Waals surface area contributed by atoms with Crippen LogP contribution in [-0.4, -0.2) is 24.2 Å². The standard InChI is InChI=1S/C15H16BrClN2O2/c1-8(2)13-12(16)14(17)19-15(18-13)10-7-9(20-3)5-6-11(10)21-4/h5-8H,1-4H3. The average molecular weight is 372 g/mol. The number of aromatic nitrogens is 2. The summed E-state index contributed by atoms with van der Waals surface area (Å²) in [6.07, 6.45) is 0. The Morgan fingerprint density at radius 3 is 2.43 bits per heavy atom. The van der Waals surface area contributed by atoms with E-state index in [1.54, 1.807) is 14.2 Å². The van der Waals surface area contributed by atoms with E-state index in [1.807, 2.05) is 18.2 Å². The first-order chi connectivity index (χ1) is 9.97. The predicted octanol–water partition coefficient (Wildman–Crippen LogP) is 4.70. The van der Waals surface area contributed by atoms with Crippen molar-refractivity contribution in [3.63, 3.8) is 0 Å². The molecule has 0 N–H and O–H groups in total. The van der Waals surface area contributed by atoms with Crippen molar-refractivity contribution in [3.05, 3.63) is 33.5 Å². The largest absolute Gasteiger partial charge is 0.497 e. The van der Waals surface area contributed by atoms with Gasteiger partial charge in [-0.15, -0.1) is 0 Å². The SMILES string of the molecule is COc1ccc(OC)c(-c2nc(Cl)c(Br)c(C(C)C)n2)c1. The quantitative estimate of drug-likeness (QED) is 0.731. The van der Waals surface area contributed by atoms with Crippen LogP contribution in [0.2, 0.25) is 5.15 Å². The van der Waals surface area contributed by atoms with E-state index < -0.39 is 0 Å². The summed E-state index contributed by atoms with van der Waals surface area (Å²) in [4.78, 5) is 8.95. The Morgan fingerprint density at radius 1 is 1.14 bits per heavy atom. The molecule has 0 bridgehead atoms. The number of hydrogen-bond donors (Lipinski definition) is 0. The first-order valence-corrected chi connectivity index (χ1v) is 7.60. The van der Waals surface area contributed by atoms with E-state index in [1.165, 1.54) is 0 Å². The third kappa shape index (κ3) is 3.30. The van der Waals surface area contributed by atoms with Crippen LogP contribution in [0.3, 0.4) is 0 Å². The molecule has 1 heterocycles. The van der Waals surface area contributed by atoms with Gasteiger partial charge in [0, 0.05) is 0 Å². The molecule has 0 radical (unpaired) electrons. The molecular formula is C15H16BrClN2O2. The van der Waals surface area contributed by atoms with E-state index in [0.717, 1.165) is 15.7 Å². The monoisotopic (exact) mass is 370 g/mol. The van der Waals surface area contributed by atoms with E-state index in [2.05, 4.69) is 39.7 Å². The van der Waals surface area contributed by atoms with Crippen LogP contribution in [-0.2, 0) is 0 Å². The van der Waals surface area contributed by atoms with Crippen molar-refractivity contribution in [2.45, 2.75) is 19.8 Å². The zero-order chi connectivity index (χ0) is 15.6. The first-order valence-electron chi connectivity index (χ1n) is 6.43. The van der Waals surface area contributed by atoms with Crippen LogP contribution in [0.1, 0.15) is 25.5 Å². The van der Waals surface area contributed by atoms with E-state index in [0.29, 0.717) is 22.5 Å². The van der Waals surface area contributed by atoms with Crippen LogP contribution in [0, 0.1) is 0 Å². The van der Waals surface area contributed by atoms with Crippen LogP contribution in [0.4, 0.5) is 0 Å². The van der Waals surface area contributed by atoms with Crippen molar-refractivity contribution in [1.82, 2.24) is 9.97 Å². The van der Waals surface area contributed by atoms with Crippen LogP contribution < -0.4 is 9.47 Å². The summed E-state index contributed by atoms with van der Waals surface area (Å²) >= 11 is 9.65. The van der Waals surface area contributed by atoms with Gasteiger partial charge in [-0.05, 0) is 40.0 Å². The van der Waals surface area contributed by atoms with Crippen LogP contribution >= 0.6 is 27.5 Å². The molecule has 112 valence electrons. The van der Waals surface area contributed by atoms with Crippen molar-refractivity contribution in [2.24, 2.45) is 0 Å². The van der Waals surface area contributed by atoms with Crippen molar-refractivity contribution in [1.29, 1.82) is 0 Å². The summed E-state index contributed by atoms with van der Waals surface area (Å²) in [5.74, 6) is 2.11. The Labute approximate surface area is 137 Å². The van der Waals surface area contributed by atoms with Crippen molar-refractivity contribution in [3.8, 4) is 22.9 Å². The Hall–Kier alpha value is -1.33. The van der Waals surface area contributed by atoms with E-state index in [-0.39, 0.29) is 5.92 Å². The second-order valence-corrected chi connectivity index (χ2v) is 5.91. The number of methoxy groups -OCH3 is 2. The van der Waals surface area contributed by atoms with Gasteiger partial charge in [0.2, 0.25) is 0 Å². The summed E-state index contributed by atoms with van der Waals surface area (Å²) in [7, 11) is 3.22. The highest BCUT2D eigenvalue weighted by atomic mass is 79.9. The van der Waals surface area contributed by atoms with Gasteiger partial charge in [0.15, 0.2) is 5.82 Å². The molecule has 0 saturated carbocycles. The Balaban J connectivity index is 2.66. The fraction of sp³-hybridized carbons (Fsp3) is 0.333. The van der Waals surface area contributed by atoms with Gasteiger partial charge < -0.3 is 9.47 Å². The van der Waals surface area contributed by atoms with Crippen LogP contribution in [0.5, 0.6) is 11.5 Å². The molecule has 0 spiro atoms. The molecule has 0 unspecified atom stereocenters. The molecular weight excluding hydrogens is 356 g/mol. The normalized spacial score (nSPS) is 10.8. The zero-order valence-electron chi connectivity index (χ0n) is 12.3. The van der Waals surface area contributed by atoms with Crippen molar-refractivity contribution in [2.75, 3.05) is 14.2 Å². The van der Waals surface area contributed by atoms with Crippen molar-refractivity contribution < 1.29 is 9.47 Å². The topological polar surface area (TPSA) is 44.2 Å². The lowest BCUT2D eigenvalue weighted by molar-refractivity contribution is 0.404. The third-order valence-electron chi connectivity index (χ3n) is 3.03. The first kappa shape index (κ1) is 16.0. The maximum atomic E-state index is 6.21. The fourth-order valence-electron chi connectivity index (χ4n) is 1.93. The van der Waals surface area contributed by atoms with Gasteiger partial charge in [0.05, 0.1) is 29.9 Å². The Morgan fingerprint density at radius 2 is 1.86 bits per heavy atom. The molecule has 1 aromatic carbocycles. The Kier molecular flexibility index (Phi) is 5.06. The molecule has 2 rings (SSSR count). The molecule has 1 aromatic heterocycles. The van der Waals surface area contributed by atoms with Gasteiger partial charge >= 0.3 is 0 Å². The number of halogens is 2. The van der Waals surface area contributed by atoms with Crippen LogP contribution in [0.25, 0.3) is 11.4 Å². The van der Waals surface area contributed by atoms with Crippen molar-refractivity contribution >= 4 is 27.5 Å². The molecule has 0 aliphatic carbocycles. The van der Waals surface area contributed by atoms with Gasteiger partial charge in [0.25, 0.3) is 0 Å². The summed E-state index contributed by atoms with van der Waals surface area (Å²) in [6, 6.07) is 5.48. The lowest BCUT2D eigenvalue weighted by atomic mass is 10.1. The molecule has 0 saturated heterocycles. The molecule has 0 fully saturated rings. The summed E-state index contributed by atoms with van der Waals surface area (Å²) in [6.45, 7) is 4.10. The Bertz CT molecular complexity index is 662. The van der Waals surface area contributed by atoms with Gasteiger partial charge in [-0.1, -0.05) is 25.4 Å². The van der Waals surface area contributed by atoms with Gasteiger partial charge in [-0.25, -0.2) is 9.97 Å². The zero-order valence-corrected chi connectivity index (χ0v) is 14.6. The highest BCUT2D eigenvalue weighted by Gasteiger charge is 2.17. The number of hydrogen-bond acceptors (Lipinski definition) is 4. The molecule has 6 heteroatoms. The van der Waals surface area contributed by atoms with E-state index >= 15 is 0 Å². The van der Waals surface area contributed by atoms with Gasteiger partial charge in [-0.2, -0.15) is 0 Å². The highest BCUT2D eigenvalue weighted by molar-refractivity contribution is 9.10. The smallest absolute Gasteiger partial charge is 0.165 e. The average Bonchev–Trinajstić information content (AvgIpc) is 2.48. The van der Waals surface area contributed by atoms with Gasteiger partial charge in [0.1, 0.15) is 16.7 Å². The third-order valence-corrected chi connectivity index (χ3v) is 4.31. The molecule has 2 aromatic rings. The highest BCUT2D eigenvalue weighted by Crippen LogP contribution is 2.35. The number of benzene rings is 1. The second kappa shape index (κ2) is 6.62. The predicted molar refractivity (Wildman–Crippen MR) is 87.4 cm³/mol. The number of ether oxygens (including phenoxy) is 2. The minimum atomic E-state index is 0.218. The maximum Gasteiger partial charge on any atom is 0.165 e. The summed E-state index contributed by atoms with van der Waals surface area (Å²) in [5.41, 5.74) is 1.60. The molecule has 0 aliphatic heterocycles. The molecule has 0 amide bonds. The minimum absolute atomic E-state index is 0.218. The molecule has 0 atom stereocenters. The second-order valence-electron chi connectivity index (χ2n) is 4.76. The molecule has 0 aliphatic rings. The number of rotatable bonds is 4. The molecule has 4 nitrogen and oxygen atoms in total. The van der Waals surface area contributed by atoms with E-state index in [4.69, 9.17) is 21.1 Å². The van der Waals surface area contributed by atoms with Gasteiger partial charge in [-0.3, -0.25) is 0 Å². The summed E-state index contributed by atoms with van der Waals surface area (Å²) in [5, 5.41) is 0.383. The maximum absolute atomic E-state index is 6.21. The van der Waals surface area contributed by atoms with Crippen LogP contribution in [0.15, 0.2) is 22.7 Å². The number of nitrogens with zero attached hydrogens (tertiary/aromatic N) is 2. The minimum Gasteiger partial charge on any atom is -0.497 e. The lowest BCUT2D eigenvalue weighted by Crippen LogP contribution is -2.01. The van der Waals surface area contributed by atoms with E-state index in [9.17, 15) is 0 Å². The molecule has 21 heavy (non-hydrogen) atoms.